The molecule has 2 N–H and O–H groups in total. The fourth-order valence-electron chi connectivity index (χ4n) is 2.78. The minimum absolute atomic E-state index is 0.123. The molecule has 0 saturated carbocycles. The first-order chi connectivity index (χ1) is 8.61. The predicted molar refractivity (Wildman–Crippen MR) is 71.8 cm³/mol. The molecular formula is C14H16ClNO2. The van der Waals surface area contributed by atoms with E-state index in [2.05, 4.69) is 5.32 Å². The molecule has 2 atom stereocenters. The fourth-order valence-corrected chi connectivity index (χ4v) is 3.01. The molecule has 0 amide bonds. The standard InChI is InChI=1S/C14H16ClNO2/c1-9-8-16-4-3-14(9,17)12-7-11(15)6-10-2-5-18-13(10)12/h2,5-7,9,16-17H,3-4,8H2,1H3. The Hall–Kier alpha value is -1.03. The topological polar surface area (TPSA) is 45.4 Å². The van der Waals surface area contributed by atoms with Gasteiger partial charge in [-0.15, -0.1) is 0 Å². The summed E-state index contributed by atoms with van der Waals surface area (Å²) in [5, 5.41) is 15.9. The van der Waals surface area contributed by atoms with Crippen molar-refractivity contribution in [2.45, 2.75) is 18.9 Å². The van der Waals surface area contributed by atoms with Crippen LogP contribution in [0.4, 0.5) is 0 Å². The molecule has 1 saturated heterocycles. The van der Waals surface area contributed by atoms with E-state index in [9.17, 15) is 5.11 Å². The molecule has 2 heterocycles. The van der Waals surface area contributed by atoms with Crippen LogP contribution in [0.5, 0.6) is 0 Å². The SMILES string of the molecule is CC1CNCCC1(O)c1cc(Cl)cc2ccoc12. The number of halogens is 1. The molecule has 2 aromatic rings. The molecule has 1 aromatic heterocycles. The second-order valence-corrected chi connectivity index (χ2v) is 5.51. The second kappa shape index (κ2) is 4.26. The van der Waals surface area contributed by atoms with Crippen LogP contribution in [-0.4, -0.2) is 18.2 Å². The Kier molecular flexibility index (Phi) is 2.85. The minimum Gasteiger partial charge on any atom is -0.464 e. The molecule has 0 aliphatic carbocycles. The van der Waals surface area contributed by atoms with Gasteiger partial charge in [0.15, 0.2) is 0 Å². The smallest absolute Gasteiger partial charge is 0.140 e. The van der Waals surface area contributed by atoms with Gasteiger partial charge in [-0.1, -0.05) is 18.5 Å². The molecule has 3 nitrogen and oxygen atoms in total. The Morgan fingerprint density at radius 1 is 1.50 bits per heavy atom. The number of furan rings is 1. The van der Waals surface area contributed by atoms with Gasteiger partial charge in [0.25, 0.3) is 0 Å². The summed E-state index contributed by atoms with van der Waals surface area (Å²) < 4.78 is 5.53. The van der Waals surface area contributed by atoms with E-state index in [4.69, 9.17) is 16.0 Å². The third-order valence-electron chi connectivity index (χ3n) is 3.93. The zero-order chi connectivity index (χ0) is 12.8. The summed E-state index contributed by atoms with van der Waals surface area (Å²) in [6.45, 7) is 3.64. The maximum absolute atomic E-state index is 11.0. The number of aliphatic hydroxyl groups is 1. The highest BCUT2D eigenvalue weighted by atomic mass is 35.5. The molecule has 18 heavy (non-hydrogen) atoms. The summed E-state index contributed by atoms with van der Waals surface area (Å²) in [4.78, 5) is 0. The molecule has 1 aromatic carbocycles. The van der Waals surface area contributed by atoms with E-state index in [1.165, 1.54) is 0 Å². The Bertz CT molecular complexity index is 580. The average Bonchev–Trinajstić information content (AvgIpc) is 2.79. The third kappa shape index (κ3) is 1.74. The number of rotatable bonds is 1. The third-order valence-corrected chi connectivity index (χ3v) is 4.15. The van der Waals surface area contributed by atoms with Crippen molar-refractivity contribution < 1.29 is 9.52 Å². The Balaban J connectivity index is 2.20. The molecule has 1 aliphatic rings. The fraction of sp³-hybridized carbons (Fsp3) is 0.429. The quantitative estimate of drug-likeness (QED) is 0.833. The zero-order valence-electron chi connectivity index (χ0n) is 10.2. The molecule has 2 unspecified atom stereocenters. The van der Waals surface area contributed by atoms with Gasteiger partial charge >= 0.3 is 0 Å². The molecule has 0 bridgehead atoms. The average molecular weight is 266 g/mol. The van der Waals surface area contributed by atoms with Crippen molar-refractivity contribution in [1.29, 1.82) is 0 Å². The van der Waals surface area contributed by atoms with Gasteiger partial charge in [-0.2, -0.15) is 0 Å². The van der Waals surface area contributed by atoms with Gasteiger partial charge in [-0.25, -0.2) is 0 Å². The Morgan fingerprint density at radius 3 is 3.11 bits per heavy atom. The van der Waals surface area contributed by atoms with E-state index in [-0.39, 0.29) is 5.92 Å². The van der Waals surface area contributed by atoms with Crippen molar-refractivity contribution in [1.82, 2.24) is 5.32 Å². The van der Waals surface area contributed by atoms with Crippen LogP contribution >= 0.6 is 11.6 Å². The monoisotopic (exact) mass is 265 g/mol. The number of piperidine rings is 1. The van der Waals surface area contributed by atoms with Gasteiger partial charge < -0.3 is 14.8 Å². The van der Waals surface area contributed by atoms with Crippen LogP contribution in [0.2, 0.25) is 5.02 Å². The van der Waals surface area contributed by atoms with Gasteiger partial charge in [0, 0.05) is 28.4 Å². The number of hydrogen-bond acceptors (Lipinski definition) is 3. The van der Waals surface area contributed by atoms with Gasteiger partial charge in [-0.3, -0.25) is 0 Å². The summed E-state index contributed by atoms with van der Waals surface area (Å²) in [7, 11) is 0. The first kappa shape index (κ1) is 12.0. The molecule has 0 spiro atoms. The highest BCUT2D eigenvalue weighted by Crippen LogP contribution is 2.40. The predicted octanol–water partition coefficient (Wildman–Crippen LogP) is 2.90. The molecular weight excluding hydrogens is 250 g/mol. The summed E-state index contributed by atoms with van der Waals surface area (Å²) >= 11 is 6.14. The molecule has 1 fully saturated rings. The lowest BCUT2D eigenvalue weighted by molar-refractivity contribution is -0.0386. The summed E-state index contributed by atoms with van der Waals surface area (Å²) in [5.41, 5.74) is 0.686. The van der Waals surface area contributed by atoms with Crippen molar-refractivity contribution in [3.05, 3.63) is 35.0 Å². The van der Waals surface area contributed by atoms with Crippen molar-refractivity contribution in [2.75, 3.05) is 13.1 Å². The maximum atomic E-state index is 11.0. The summed E-state index contributed by atoms with van der Waals surface area (Å²) in [6.07, 6.45) is 2.31. The van der Waals surface area contributed by atoms with Crippen LogP contribution in [0.15, 0.2) is 28.9 Å². The van der Waals surface area contributed by atoms with Crippen LogP contribution < -0.4 is 5.32 Å². The van der Waals surface area contributed by atoms with Crippen LogP contribution in [0.25, 0.3) is 11.0 Å². The lowest BCUT2D eigenvalue weighted by atomic mass is 9.77. The molecule has 96 valence electrons. The second-order valence-electron chi connectivity index (χ2n) is 5.07. The number of fused-ring (bicyclic) bond motifs is 1. The largest absolute Gasteiger partial charge is 0.464 e. The minimum atomic E-state index is -0.869. The number of hydrogen-bond donors (Lipinski definition) is 2. The summed E-state index contributed by atoms with van der Waals surface area (Å²) in [5.74, 6) is 0.123. The van der Waals surface area contributed by atoms with Crippen molar-refractivity contribution >= 4 is 22.6 Å². The van der Waals surface area contributed by atoms with Gasteiger partial charge in [0.05, 0.1) is 11.9 Å². The first-order valence-electron chi connectivity index (χ1n) is 6.21. The molecule has 0 radical (unpaired) electrons. The van der Waals surface area contributed by atoms with Gasteiger partial charge in [0.2, 0.25) is 0 Å². The van der Waals surface area contributed by atoms with Crippen LogP contribution in [0.3, 0.4) is 0 Å². The van der Waals surface area contributed by atoms with E-state index >= 15 is 0 Å². The maximum Gasteiger partial charge on any atom is 0.140 e. The lowest BCUT2D eigenvalue weighted by Crippen LogP contribution is -2.46. The van der Waals surface area contributed by atoms with E-state index in [0.717, 1.165) is 29.6 Å². The van der Waals surface area contributed by atoms with E-state index in [0.29, 0.717) is 11.4 Å². The van der Waals surface area contributed by atoms with Crippen LogP contribution in [0.1, 0.15) is 18.9 Å². The Morgan fingerprint density at radius 2 is 2.33 bits per heavy atom. The van der Waals surface area contributed by atoms with Crippen molar-refractivity contribution in [3.63, 3.8) is 0 Å². The highest BCUT2D eigenvalue weighted by Gasteiger charge is 2.39. The van der Waals surface area contributed by atoms with E-state index < -0.39 is 5.60 Å². The molecule has 4 heteroatoms. The molecule has 1 aliphatic heterocycles. The normalized spacial score (nSPS) is 28.7. The van der Waals surface area contributed by atoms with E-state index in [1.807, 2.05) is 25.1 Å². The van der Waals surface area contributed by atoms with E-state index in [1.54, 1.807) is 6.26 Å². The number of benzene rings is 1. The van der Waals surface area contributed by atoms with Crippen molar-refractivity contribution in [3.8, 4) is 0 Å². The zero-order valence-corrected chi connectivity index (χ0v) is 11.0. The highest BCUT2D eigenvalue weighted by molar-refractivity contribution is 6.31. The van der Waals surface area contributed by atoms with Crippen molar-refractivity contribution in [2.24, 2.45) is 5.92 Å². The molecule has 3 rings (SSSR count). The van der Waals surface area contributed by atoms with Gasteiger partial charge in [0.1, 0.15) is 5.58 Å². The lowest BCUT2D eigenvalue weighted by Gasteiger charge is -2.39. The van der Waals surface area contributed by atoms with Crippen LogP contribution in [-0.2, 0) is 5.60 Å². The van der Waals surface area contributed by atoms with Crippen LogP contribution in [0, 0.1) is 5.92 Å². The number of nitrogens with one attached hydrogen (secondary N) is 1. The first-order valence-corrected chi connectivity index (χ1v) is 6.59. The Labute approximate surface area is 111 Å². The van der Waals surface area contributed by atoms with Gasteiger partial charge in [-0.05, 0) is 31.2 Å². The summed E-state index contributed by atoms with van der Waals surface area (Å²) in [6, 6.07) is 5.56.